The third kappa shape index (κ3) is 4.84. The number of aryl methyl sites for hydroxylation is 2. The largest absolute Gasteiger partial charge is 0.484 e. The predicted molar refractivity (Wildman–Crippen MR) is 108 cm³/mol. The summed E-state index contributed by atoms with van der Waals surface area (Å²) in [5.41, 5.74) is 2.15. The molecule has 0 bridgehead atoms. The van der Waals surface area contributed by atoms with Gasteiger partial charge in [-0.05, 0) is 61.4 Å². The van der Waals surface area contributed by atoms with Crippen LogP contribution in [0.1, 0.15) is 11.1 Å². The molecule has 1 fully saturated rings. The van der Waals surface area contributed by atoms with Gasteiger partial charge in [0.2, 0.25) is 10.0 Å². The van der Waals surface area contributed by atoms with Crippen molar-refractivity contribution in [2.75, 3.05) is 32.8 Å². The van der Waals surface area contributed by atoms with Crippen LogP contribution in [-0.2, 0) is 14.8 Å². The molecular formula is C20H23ClN2O4S. The van der Waals surface area contributed by atoms with Gasteiger partial charge >= 0.3 is 0 Å². The SMILES string of the molecule is Cc1cc(C)cc(OCC(=O)N2CCN(S(=O)(=O)c3ccc(Cl)cc3)CC2)c1. The Morgan fingerprint density at radius 1 is 1.00 bits per heavy atom. The molecule has 0 saturated carbocycles. The fourth-order valence-electron chi connectivity index (χ4n) is 3.19. The van der Waals surface area contributed by atoms with E-state index in [1.165, 1.54) is 16.4 Å². The van der Waals surface area contributed by atoms with Crippen LogP contribution >= 0.6 is 11.6 Å². The summed E-state index contributed by atoms with van der Waals surface area (Å²) in [6.45, 7) is 5.06. The van der Waals surface area contributed by atoms with Gasteiger partial charge in [-0.1, -0.05) is 17.7 Å². The van der Waals surface area contributed by atoms with Crippen molar-refractivity contribution < 1.29 is 17.9 Å². The molecule has 1 saturated heterocycles. The van der Waals surface area contributed by atoms with E-state index < -0.39 is 10.0 Å². The highest BCUT2D eigenvalue weighted by Gasteiger charge is 2.30. The van der Waals surface area contributed by atoms with Gasteiger partial charge < -0.3 is 9.64 Å². The first-order valence-corrected chi connectivity index (χ1v) is 10.8. The highest BCUT2D eigenvalue weighted by Crippen LogP contribution is 2.20. The van der Waals surface area contributed by atoms with Gasteiger partial charge in [0.15, 0.2) is 6.61 Å². The number of ether oxygens (including phenoxy) is 1. The highest BCUT2D eigenvalue weighted by atomic mass is 35.5. The molecule has 0 aliphatic carbocycles. The van der Waals surface area contributed by atoms with E-state index >= 15 is 0 Å². The second kappa shape index (κ2) is 8.51. The smallest absolute Gasteiger partial charge is 0.260 e. The highest BCUT2D eigenvalue weighted by molar-refractivity contribution is 7.89. The molecule has 8 heteroatoms. The van der Waals surface area contributed by atoms with Crippen molar-refractivity contribution in [3.05, 3.63) is 58.6 Å². The molecule has 3 rings (SSSR count). The van der Waals surface area contributed by atoms with Crippen LogP contribution in [0.25, 0.3) is 0 Å². The number of rotatable bonds is 5. The van der Waals surface area contributed by atoms with Crippen LogP contribution in [0.4, 0.5) is 0 Å². The Balaban J connectivity index is 1.55. The number of carbonyl (C=O) groups is 1. The molecule has 1 aliphatic rings. The maximum absolute atomic E-state index is 12.7. The van der Waals surface area contributed by atoms with Gasteiger partial charge in [0.05, 0.1) is 4.90 Å². The number of benzene rings is 2. The Morgan fingerprint density at radius 3 is 2.14 bits per heavy atom. The van der Waals surface area contributed by atoms with E-state index in [9.17, 15) is 13.2 Å². The number of hydrogen-bond donors (Lipinski definition) is 0. The minimum absolute atomic E-state index is 0.0627. The lowest BCUT2D eigenvalue weighted by Gasteiger charge is -2.34. The summed E-state index contributed by atoms with van der Waals surface area (Å²) in [5, 5.41) is 0.484. The Labute approximate surface area is 170 Å². The van der Waals surface area contributed by atoms with Gasteiger partial charge in [-0.2, -0.15) is 4.31 Å². The third-order valence-electron chi connectivity index (χ3n) is 4.60. The zero-order chi connectivity index (χ0) is 20.3. The van der Waals surface area contributed by atoms with E-state index in [4.69, 9.17) is 16.3 Å². The molecule has 28 heavy (non-hydrogen) atoms. The summed E-state index contributed by atoms with van der Waals surface area (Å²) < 4.78 is 32.4. The van der Waals surface area contributed by atoms with Gasteiger partial charge in [-0.25, -0.2) is 8.42 Å². The average molecular weight is 423 g/mol. The number of halogens is 1. The van der Waals surface area contributed by atoms with Crippen molar-refractivity contribution in [1.82, 2.24) is 9.21 Å². The molecule has 6 nitrogen and oxygen atoms in total. The number of hydrogen-bond acceptors (Lipinski definition) is 4. The maximum Gasteiger partial charge on any atom is 0.260 e. The van der Waals surface area contributed by atoms with Gasteiger partial charge in [-0.15, -0.1) is 0 Å². The Kier molecular flexibility index (Phi) is 6.27. The summed E-state index contributed by atoms with van der Waals surface area (Å²) in [6, 6.07) is 11.9. The summed E-state index contributed by atoms with van der Waals surface area (Å²) in [4.78, 5) is 14.3. The van der Waals surface area contributed by atoms with Crippen LogP contribution < -0.4 is 4.74 Å². The zero-order valence-corrected chi connectivity index (χ0v) is 17.5. The van der Waals surface area contributed by atoms with Crippen molar-refractivity contribution in [3.8, 4) is 5.75 Å². The monoisotopic (exact) mass is 422 g/mol. The Morgan fingerprint density at radius 2 is 1.57 bits per heavy atom. The molecule has 0 N–H and O–H groups in total. The van der Waals surface area contributed by atoms with Crippen LogP contribution in [0.2, 0.25) is 5.02 Å². The summed E-state index contributed by atoms with van der Waals surface area (Å²) >= 11 is 5.83. The standard InChI is InChI=1S/C20H23ClN2O4S/c1-15-11-16(2)13-18(12-15)27-14-20(24)22-7-9-23(10-8-22)28(25,26)19-5-3-17(21)4-6-19/h3-6,11-13H,7-10,14H2,1-2H3. The quantitative estimate of drug-likeness (QED) is 0.743. The lowest BCUT2D eigenvalue weighted by molar-refractivity contribution is -0.134. The van der Waals surface area contributed by atoms with E-state index in [0.717, 1.165) is 11.1 Å². The number of sulfonamides is 1. The number of amides is 1. The second-order valence-corrected chi connectivity index (χ2v) is 9.23. The lowest BCUT2D eigenvalue weighted by Crippen LogP contribution is -2.51. The van der Waals surface area contributed by atoms with E-state index in [0.29, 0.717) is 23.9 Å². The van der Waals surface area contributed by atoms with Crippen molar-refractivity contribution in [1.29, 1.82) is 0 Å². The van der Waals surface area contributed by atoms with E-state index in [2.05, 4.69) is 0 Å². The number of carbonyl (C=O) groups excluding carboxylic acids is 1. The topological polar surface area (TPSA) is 66.9 Å². The second-order valence-electron chi connectivity index (χ2n) is 6.85. The first-order valence-electron chi connectivity index (χ1n) is 9.00. The van der Waals surface area contributed by atoms with E-state index in [1.54, 1.807) is 17.0 Å². The number of piperazine rings is 1. The van der Waals surface area contributed by atoms with Gasteiger partial charge in [-0.3, -0.25) is 4.79 Å². The van der Waals surface area contributed by atoms with Crippen LogP contribution in [-0.4, -0.2) is 56.3 Å². The maximum atomic E-state index is 12.7. The zero-order valence-electron chi connectivity index (χ0n) is 15.9. The molecule has 2 aromatic carbocycles. The number of nitrogens with zero attached hydrogens (tertiary/aromatic N) is 2. The molecule has 0 atom stereocenters. The molecule has 0 radical (unpaired) electrons. The van der Waals surface area contributed by atoms with Gasteiger partial charge in [0, 0.05) is 31.2 Å². The van der Waals surface area contributed by atoms with Crippen LogP contribution in [0.3, 0.4) is 0 Å². The van der Waals surface area contributed by atoms with Crippen LogP contribution in [0.15, 0.2) is 47.4 Å². The third-order valence-corrected chi connectivity index (χ3v) is 6.77. The molecule has 1 heterocycles. The van der Waals surface area contributed by atoms with E-state index in [-0.39, 0.29) is 30.5 Å². The first-order chi connectivity index (χ1) is 13.3. The Hall–Kier alpha value is -2.09. The molecule has 150 valence electrons. The van der Waals surface area contributed by atoms with Crippen LogP contribution in [0.5, 0.6) is 5.75 Å². The van der Waals surface area contributed by atoms with Crippen molar-refractivity contribution in [2.45, 2.75) is 18.7 Å². The molecule has 1 amide bonds. The average Bonchev–Trinajstić information content (AvgIpc) is 2.66. The molecule has 1 aliphatic heterocycles. The molecule has 0 unspecified atom stereocenters. The molecule has 2 aromatic rings. The van der Waals surface area contributed by atoms with Crippen LogP contribution in [0, 0.1) is 13.8 Å². The first kappa shape index (κ1) is 20.6. The minimum Gasteiger partial charge on any atom is -0.484 e. The van der Waals surface area contributed by atoms with Gasteiger partial charge in [0.25, 0.3) is 5.91 Å². The van der Waals surface area contributed by atoms with Crippen molar-refractivity contribution in [2.24, 2.45) is 0 Å². The van der Waals surface area contributed by atoms with E-state index in [1.807, 2.05) is 32.0 Å². The predicted octanol–water partition coefficient (Wildman–Crippen LogP) is 2.87. The summed E-state index contributed by atoms with van der Waals surface area (Å²) in [7, 11) is -3.59. The molecule has 0 spiro atoms. The fraction of sp³-hybridized carbons (Fsp3) is 0.350. The fourth-order valence-corrected chi connectivity index (χ4v) is 4.73. The van der Waals surface area contributed by atoms with Crippen molar-refractivity contribution in [3.63, 3.8) is 0 Å². The molecule has 0 aromatic heterocycles. The van der Waals surface area contributed by atoms with Crippen molar-refractivity contribution >= 4 is 27.5 Å². The summed E-state index contributed by atoms with van der Waals surface area (Å²) in [6.07, 6.45) is 0. The molecular weight excluding hydrogens is 400 g/mol. The summed E-state index contributed by atoms with van der Waals surface area (Å²) in [5.74, 6) is 0.512. The minimum atomic E-state index is -3.59. The lowest BCUT2D eigenvalue weighted by atomic mass is 10.1. The normalized spacial score (nSPS) is 15.5. The van der Waals surface area contributed by atoms with Gasteiger partial charge in [0.1, 0.15) is 5.75 Å². The Bertz CT molecular complexity index is 932.